The van der Waals surface area contributed by atoms with Gasteiger partial charge < -0.3 is 30.0 Å². The topological polar surface area (TPSA) is 113 Å². The first-order valence-corrected chi connectivity index (χ1v) is 10.2. The summed E-state index contributed by atoms with van der Waals surface area (Å²) in [6.45, 7) is 0.251. The molecule has 164 valence electrons. The van der Waals surface area contributed by atoms with Crippen LogP contribution in [0.5, 0.6) is 11.5 Å². The van der Waals surface area contributed by atoms with Gasteiger partial charge in [0.05, 0.1) is 31.4 Å². The number of halogens is 1. The van der Waals surface area contributed by atoms with Crippen LogP contribution < -0.4 is 20.1 Å². The standard InChI is InChI=1S/C21H23BrN4O5/c1-26(11-12-4-5-13(30-2)10-17(12)31-3)21(29)25-19-14(6-8-16(19)27)24-20(28)15-7-9-18(22)23-15/h4-10,14,19,23H,11H2,1-3H3,(H,24,28)(H,25,29)/t14-,19+/m1/s1. The molecule has 9 nitrogen and oxygen atoms in total. The van der Waals surface area contributed by atoms with E-state index < -0.39 is 18.1 Å². The van der Waals surface area contributed by atoms with Crippen LogP contribution in [-0.2, 0) is 11.3 Å². The Balaban J connectivity index is 1.64. The Kier molecular flexibility index (Phi) is 7.01. The number of aromatic amines is 1. The van der Waals surface area contributed by atoms with Crippen molar-refractivity contribution < 1.29 is 23.9 Å². The average Bonchev–Trinajstić information content (AvgIpc) is 3.34. The number of carbonyl (C=O) groups is 3. The molecule has 2 aromatic rings. The second-order valence-corrected chi connectivity index (χ2v) is 7.80. The van der Waals surface area contributed by atoms with E-state index in [2.05, 4.69) is 31.5 Å². The van der Waals surface area contributed by atoms with Gasteiger partial charge in [0, 0.05) is 18.7 Å². The van der Waals surface area contributed by atoms with Gasteiger partial charge in [0.2, 0.25) is 0 Å². The zero-order valence-corrected chi connectivity index (χ0v) is 18.9. The molecule has 1 aliphatic rings. The van der Waals surface area contributed by atoms with Gasteiger partial charge in [-0.1, -0.05) is 6.08 Å². The number of amides is 3. The molecule has 0 saturated carbocycles. The largest absolute Gasteiger partial charge is 0.497 e. The van der Waals surface area contributed by atoms with Gasteiger partial charge in [-0.05, 0) is 46.3 Å². The lowest BCUT2D eigenvalue weighted by atomic mass is 10.1. The molecule has 0 aliphatic heterocycles. The molecule has 0 saturated heterocycles. The number of benzene rings is 1. The molecule has 0 spiro atoms. The highest BCUT2D eigenvalue weighted by Gasteiger charge is 2.33. The van der Waals surface area contributed by atoms with Crippen molar-refractivity contribution in [1.82, 2.24) is 20.5 Å². The maximum absolute atomic E-state index is 12.7. The van der Waals surface area contributed by atoms with Crippen molar-refractivity contribution in [2.24, 2.45) is 0 Å². The van der Waals surface area contributed by atoms with Crippen LogP contribution in [-0.4, -0.2) is 61.0 Å². The fourth-order valence-corrected chi connectivity index (χ4v) is 3.51. The molecule has 1 aliphatic carbocycles. The van der Waals surface area contributed by atoms with Gasteiger partial charge in [0.25, 0.3) is 5.91 Å². The Morgan fingerprint density at radius 3 is 2.58 bits per heavy atom. The van der Waals surface area contributed by atoms with Gasteiger partial charge in [-0.25, -0.2) is 4.79 Å². The molecule has 0 unspecified atom stereocenters. The number of methoxy groups -OCH3 is 2. The van der Waals surface area contributed by atoms with E-state index in [9.17, 15) is 14.4 Å². The van der Waals surface area contributed by atoms with E-state index in [1.165, 1.54) is 18.1 Å². The molecule has 1 heterocycles. The highest BCUT2D eigenvalue weighted by atomic mass is 79.9. The zero-order valence-electron chi connectivity index (χ0n) is 17.3. The van der Waals surface area contributed by atoms with Gasteiger partial charge in [-0.3, -0.25) is 9.59 Å². The van der Waals surface area contributed by atoms with Crippen LogP contribution in [0.25, 0.3) is 0 Å². The molecule has 0 radical (unpaired) electrons. The van der Waals surface area contributed by atoms with E-state index in [4.69, 9.17) is 9.47 Å². The summed E-state index contributed by atoms with van der Waals surface area (Å²) < 4.78 is 11.2. The Morgan fingerprint density at radius 2 is 1.94 bits per heavy atom. The molecule has 2 atom stereocenters. The Bertz CT molecular complexity index is 1020. The van der Waals surface area contributed by atoms with Gasteiger partial charge >= 0.3 is 6.03 Å². The first kappa shape index (κ1) is 22.4. The molecule has 10 heteroatoms. The second-order valence-electron chi connectivity index (χ2n) is 6.94. The Labute approximate surface area is 187 Å². The molecular formula is C21H23BrN4O5. The smallest absolute Gasteiger partial charge is 0.318 e. The molecule has 3 rings (SSSR count). The number of H-pyrrole nitrogens is 1. The minimum absolute atomic E-state index is 0.251. The van der Waals surface area contributed by atoms with Crippen LogP contribution in [0, 0.1) is 0 Å². The van der Waals surface area contributed by atoms with E-state index in [0.29, 0.717) is 21.8 Å². The predicted octanol–water partition coefficient (Wildman–Crippen LogP) is 2.24. The van der Waals surface area contributed by atoms with E-state index in [0.717, 1.165) is 5.56 Å². The molecular weight excluding hydrogens is 468 g/mol. The number of hydrogen-bond acceptors (Lipinski definition) is 5. The van der Waals surface area contributed by atoms with Crippen LogP contribution in [0.3, 0.4) is 0 Å². The first-order chi connectivity index (χ1) is 14.8. The summed E-state index contributed by atoms with van der Waals surface area (Å²) in [7, 11) is 4.71. The molecule has 3 amide bonds. The number of carbonyl (C=O) groups excluding carboxylic acids is 3. The third-order valence-electron chi connectivity index (χ3n) is 4.85. The maximum atomic E-state index is 12.7. The van der Waals surface area contributed by atoms with Gasteiger partial charge in [-0.2, -0.15) is 0 Å². The quantitative estimate of drug-likeness (QED) is 0.550. The molecule has 1 aromatic heterocycles. The van der Waals surface area contributed by atoms with Gasteiger partial charge in [0.15, 0.2) is 5.78 Å². The predicted molar refractivity (Wildman–Crippen MR) is 117 cm³/mol. The summed E-state index contributed by atoms with van der Waals surface area (Å²) in [5, 5.41) is 5.44. The summed E-state index contributed by atoms with van der Waals surface area (Å²) in [6.07, 6.45) is 2.92. The normalized spacial score (nSPS) is 17.4. The fraction of sp³-hybridized carbons (Fsp3) is 0.286. The van der Waals surface area contributed by atoms with Crippen molar-refractivity contribution in [3.8, 4) is 11.5 Å². The molecule has 0 bridgehead atoms. The van der Waals surface area contributed by atoms with Gasteiger partial charge in [0.1, 0.15) is 23.2 Å². The lowest BCUT2D eigenvalue weighted by molar-refractivity contribution is -0.115. The number of rotatable bonds is 7. The minimum atomic E-state index is -0.893. The van der Waals surface area contributed by atoms with Crippen molar-refractivity contribution in [1.29, 1.82) is 0 Å². The summed E-state index contributed by atoms with van der Waals surface area (Å²) in [6, 6.07) is 6.62. The highest BCUT2D eigenvalue weighted by molar-refractivity contribution is 9.10. The van der Waals surface area contributed by atoms with Crippen LogP contribution in [0.1, 0.15) is 16.1 Å². The number of nitrogens with zero attached hydrogens (tertiary/aromatic N) is 1. The Hall–Kier alpha value is -3.27. The van der Waals surface area contributed by atoms with Crippen molar-refractivity contribution in [2.45, 2.75) is 18.6 Å². The highest BCUT2D eigenvalue weighted by Crippen LogP contribution is 2.25. The van der Waals surface area contributed by atoms with Gasteiger partial charge in [-0.15, -0.1) is 0 Å². The fourth-order valence-electron chi connectivity index (χ4n) is 3.17. The van der Waals surface area contributed by atoms with E-state index in [-0.39, 0.29) is 18.2 Å². The zero-order chi connectivity index (χ0) is 22.5. The molecule has 3 N–H and O–H groups in total. The average molecular weight is 491 g/mol. The lowest BCUT2D eigenvalue weighted by Crippen LogP contribution is -2.54. The number of nitrogens with one attached hydrogen (secondary N) is 3. The summed E-state index contributed by atoms with van der Waals surface area (Å²) in [5.74, 6) is 0.551. The third-order valence-corrected chi connectivity index (χ3v) is 5.32. The molecule has 0 fully saturated rings. The molecule has 31 heavy (non-hydrogen) atoms. The van der Waals surface area contributed by atoms with Crippen LogP contribution in [0.15, 0.2) is 47.1 Å². The van der Waals surface area contributed by atoms with E-state index >= 15 is 0 Å². The number of urea groups is 1. The third kappa shape index (κ3) is 5.26. The summed E-state index contributed by atoms with van der Waals surface area (Å²) in [4.78, 5) is 41.7. The Morgan fingerprint density at radius 1 is 1.16 bits per heavy atom. The van der Waals surface area contributed by atoms with Crippen molar-refractivity contribution in [2.75, 3.05) is 21.3 Å². The van der Waals surface area contributed by atoms with Crippen LogP contribution in [0.4, 0.5) is 4.79 Å². The monoisotopic (exact) mass is 490 g/mol. The number of aromatic nitrogens is 1. The minimum Gasteiger partial charge on any atom is -0.497 e. The number of hydrogen-bond donors (Lipinski definition) is 3. The van der Waals surface area contributed by atoms with E-state index in [1.54, 1.807) is 50.6 Å². The van der Waals surface area contributed by atoms with Crippen LogP contribution >= 0.6 is 15.9 Å². The van der Waals surface area contributed by atoms with Crippen molar-refractivity contribution in [3.05, 3.63) is 58.3 Å². The van der Waals surface area contributed by atoms with Crippen LogP contribution in [0.2, 0.25) is 0 Å². The number of ether oxygens (including phenoxy) is 2. The maximum Gasteiger partial charge on any atom is 0.318 e. The SMILES string of the molecule is COc1ccc(CN(C)C(=O)N[C@@H]2C(=O)C=C[C@H]2NC(=O)c2ccc(Br)[nH]2)c(OC)c1. The second kappa shape index (κ2) is 9.69. The van der Waals surface area contributed by atoms with Crippen molar-refractivity contribution in [3.63, 3.8) is 0 Å². The lowest BCUT2D eigenvalue weighted by Gasteiger charge is -2.25. The number of ketones is 1. The summed E-state index contributed by atoms with van der Waals surface area (Å²) >= 11 is 3.25. The van der Waals surface area contributed by atoms with E-state index in [1.807, 2.05) is 0 Å². The van der Waals surface area contributed by atoms with Crippen molar-refractivity contribution >= 4 is 33.7 Å². The molecule has 1 aromatic carbocycles. The summed E-state index contributed by atoms with van der Waals surface area (Å²) in [5.41, 5.74) is 1.12. The first-order valence-electron chi connectivity index (χ1n) is 9.42.